The molecule has 0 N–H and O–H groups in total. The Morgan fingerprint density at radius 2 is 1.25 bits per heavy atom. The number of rotatable bonds is 9. The molecule has 98 valence electrons. The maximum absolute atomic E-state index is 5.85. The molecule has 0 bridgehead atoms. The third kappa shape index (κ3) is 4.14. The van der Waals surface area contributed by atoms with Crippen LogP contribution in [0, 0.1) is 0 Å². The molecule has 0 radical (unpaired) electrons. The number of hydrogen-bond donors (Lipinski definition) is 0. The van der Waals surface area contributed by atoms with Crippen LogP contribution in [0.25, 0.3) is 0 Å². The first-order valence-electron chi connectivity index (χ1n) is 6.26. The van der Waals surface area contributed by atoms with Crippen molar-refractivity contribution in [1.82, 2.24) is 4.57 Å². The van der Waals surface area contributed by atoms with E-state index in [1.165, 1.54) is 0 Å². The Bertz CT molecular complexity index is 162. The van der Waals surface area contributed by atoms with Crippen LogP contribution in [-0.4, -0.2) is 45.9 Å². The summed E-state index contributed by atoms with van der Waals surface area (Å²) in [6.07, 6.45) is 0. The van der Waals surface area contributed by atoms with Crippen molar-refractivity contribution in [3.63, 3.8) is 0 Å². The second-order valence-corrected chi connectivity index (χ2v) is 6.19. The smallest absolute Gasteiger partial charge is 0.361 e. The SMILES string of the molecule is CCO[Si](OCC)(OCC)N(CC)C(C)C. The van der Waals surface area contributed by atoms with E-state index in [0.29, 0.717) is 25.9 Å². The molecule has 0 aromatic rings. The molecule has 0 saturated carbocycles. The minimum atomic E-state index is -2.65. The highest BCUT2D eigenvalue weighted by molar-refractivity contribution is 6.57. The van der Waals surface area contributed by atoms with Gasteiger partial charge in [-0.15, -0.1) is 0 Å². The molecule has 0 amide bonds. The van der Waals surface area contributed by atoms with E-state index >= 15 is 0 Å². The Labute approximate surface area is 101 Å². The Kier molecular flexibility index (Phi) is 8.22. The first kappa shape index (κ1) is 16.1. The first-order valence-corrected chi connectivity index (χ1v) is 7.93. The van der Waals surface area contributed by atoms with Gasteiger partial charge in [0, 0.05) is 25.9 Å². The molecule has 0 heterocycles. The van der Waals surface area contributed by atoms with Gasteiger partial charge in [0.05, 0.1) is 0 Å². The maximum Gasteiger partial charge on any atom is 0.599 e. The van der Waals surface area contributed by atoms with Crippen LogP contribution >= 0.6 is 0 Å². The van der Waals surface area contributed by atoms with E-state index in [4.69, 9.17) is 13.3 Å². The summed E-state index contributed by atoms with van der Waals surface area (Å²) in [4.78, 5) is 0. The lowest BCUT2D eigenvalue weighted by Crippen LogP contribution is -2.63. The van der Waals surface area contributed by atoms with Gasteiger partial charge in [-0.25, -0.2) is 0 Å². The van der Waals surface area contributed by atoms with E-state index in [2.05, 4.69) is 25.3 Å². The van der Waals surface area contributed by atoms with Crippen molar-refractivity contribution >= 4 is 8.97 Å². The Morgan fingerprint density at radius 1 is 0.875 bits per heavy atom. The van der Waals surface area contributed by atoms with E-state index < -0.39 is 8.97 Å². The lowest BCUT2D eigenvalue weighted by molar-refractivity contribution is 0.00993. The van der Waals surface area contributed by atoms with Gasteiger partial charge < -0.3 is 13.3 Å². The van der Waals surface area contributed by atoms with Gasteiger partial charge in [-0.3, -0.25) is 4.57 Å². The average Bonchev–Trinajstić information content (AvgIpc) is 2.19. The highest BCUT2D eigenvalue weighted by Gasteiger charge is 2.48. The van der Waals surface area contributed by atoms with Crippen molar-refractivity contribution in [3.05, 3.63) is 0 Å². The van der Waals surface area contributed by atoms with Crippen LogP contribution < -0.4 is 0 Å². The third-order valence-corrected chi connectivity index (χ3v) is 5.79. The summed E-state index contributed by atoms with van der Waals surface area (Å²) in [6.45, 7) is 15.1. The Hall–Kier alpha value is 0.0569. The molecule has 0 fully saturated rings. The second kappa shape index (κ2) is 8.19. The zero-order chi connectivity index (χ0) is 12.6. The quantitative estimate of drug-likeness (QED) is 0.587. The molecule has 4 nitrogen and oxygen atoms in total. The highest BCUT2D eigenvalue weighted by Crippen LogP contribution is 2.18. The molecule has 16 heavy (non-hydrogen) atoms. The molecule has 0 aromatic heterocycles. The fraction of sp³-hybridized carbons (Fsp3) is 1.00. The van der Waals surface area contributed by atoms with E-state index in [-0.39, 0.29) is 0 Å². The second-order valence-electron chi connectivity index (χ2n) is 3.70. The molecular weight excluding hydrogens is 222 g/mol. The van der Waals surface area contributed by atoms with Crippen molar-refractivity contribution in [2.75, 3.05) is 26.4 Å². The van der Waals surface area contributed by atoms with Crippen LogP contribution in [0.5, 0.6) is 0 Å². The van der Waals surface area contributed by atoms with Crippen molar-refractivity contribution in [2.24, 2.45) is 0 Å². The zero-order valence-electron chi connectivity index (χ0n) is 11.6. The molecule has 0 aliphatic rings. The van der Waals surface area contributed by atoms with Gasteiger partial charge in [0.2, 0.25) is 0 Å². The van der Waals surface area contributed by atoms with Gasteiger partial charge in [0.25, 0.3) is 0 Å². The van der Waals surface area contributed by atoms with Crippen molar-refractivity contribution < 1.29 is 13.3 Å². The van der Waals surface area contributed by atoms with Gasteiger partial charge >= 0.3 is 8.97 Å². The van der Waals surface area contributed by atoms with Crippen molar-refractivity contribution in [1.29, 1.82) is 0 Å². The minimum absolute atomic E-state index is 0.362. The fourth-order valence-corrected chi connectivity index (χ4v) is 4.66. The van der Waals surface area contributed by atoms with Crippen molar-refractivity contribution in [3.8, 4) is 0 Å². The molecule has 0 aliphatic carbocycles. The highest BCUT2D eigenvalue weighted by atomic mass is 28.4. The third-order valence-electron chi connectivity index (χ3n) is 2.30. The predicted octanol–water partition coefficient (Wildman–Crippen LogP) is 2.26. The van der Waals surface area contributed by atoms with E-state index in [1.54, 1.807) is 0 Å². The molecule has 0 unspecified atom stereocenters. The van der Waals surface area contributed by atoms with Gasteiger partial charge in [-0.05, 0) is 27.3 Å². The van der Waals surface area contributed by atoms with Gasteiger partial charge in [-0.2, -0.15) is 0 Å². The van der Waals surface area contributed by atoms with E-state index in [1.807, 2.05) is 20.8 Å². The molecule has 0 spiro atoms. The molecule has 0 rings (SSSR count). The summed E-state index contributed by atoms with van der Waals surface area (Å²) < 4.78 is 19.7. The molecule has 5 heteroatoms. The summed E-state index contributed by atoms with van der Waals surface area (Å²) in [5, 5.41) is 0. The largest absolute Gasteiger partial charge is 0.599 e. The summed E-state index contributed by atoms with van der Waals surface area (Å²) in [6, 6.07) is 0.362. The van der Waals surface area contributed by atoms with Crippen LogP contribution in [-0.2, 0) is 13.3 Å². The zero-order valence-corrected chi connectivity index (χ0v) is 12.6. The van der Waals surface area contributed by atoms with Gasteiger partial charge in [0.1, 0.15) is 0 Å². The van der Waals surface area contributed by atoms with Gasteiger partial charge in [0.15, 0.2) is 0 Å². The lowest BCUT2D eigenvalue weighted by Gasteiger charge is -2.39. The van der Waals surface area contributed by atoms with Crippen LogP contribution in [0.3, 0.4) is 0 Å². The Balaban J connectivity index is 4.93. The van der Waals surface area contributed by atoms with E-state index in [9.17, 15) is 0 Å². The van der Waals surface area contributed by atoms with Crippen LogP contribution in [0.15, 0.2) is 0 Å². The monoisotopic (exact) mass is 249 g/mol. The Morgan fingerprint density at radius 3 is 1.44 bits per heavy atom. The fourth-order valence-electron chi connectivity index (χ4n) is 1.80. The molecule has 0 atom stereocenters. The maximum atomic E-state index is 5.85. The summed E-state index contributed by atoms with van der Waals surface area (Å²) in [5.41, 5.74) is 0. The lowest BCUT2D eigenvalue weighted by atomic mass is 10.4. The summed E-state index contributed by atoms with van der Waals surface area (Å²) in [5.74, 6) is 0. The summed E-state index contributed by atoms with van der Waals surface area (Å²) >= 11 is 0. The van der Waals surface area contributed by atoms with E-state index in [0.717, 1.165) is 6.54 Å². The normalized spacial score (nSPS) is 12.8. The van der Waals surface area contributed by atoms with Crippen LogP contribution in [0.4, 0.5) is 0 Å². The molecule has 0 saturated heterocycles. The van der Waals surface area contributed by atoms with Gasteiger partial charge in [-0.1, -0.05) is 20.8 Å². The molecule has 0 aliphatic heterocycles. The first-order chi connectivity index (χ1) is 7.57. The predicted molar refractivity (Wildman–Crippen MR) is 68.1 cm³/mol. The van der Waals surface area contributed by atoms with Crippen LogP contribution in [0.2, 0.25) is 0 Å². The van der Waals surface area contributed by atoms with Crippen molar-refractivity contribution in [2.45, 2.75) is 47.6 Å². The minimum Gasteiger partial charge on any atom is -0.361 e. The average molecular weight is 249 g/mol. The molecular formula is C11H27NO3Si. The summed E-state index contributed by atoms with van der Waals surface area (Å²) in [7, 11) is -2.65. The topological polar surface area (TPSA) is 30.9 Å². The van der Waals surface area contributed by atoms with Crippen LogP contribution in [0.1, 0.15) is 41.5 Å². The number of hydrogen-bond acceptors (Lipinski definition) is 4. The standard InChI is InChI=1S/C11H27NO3Si/c1-7-12(11(5)6)16(13-8-2,14-9-3)15-10-4/h11H,7-10H2,1-6H3. The molecule has 0 aromatic carbocycles. The number of nitrogens with zero attached hydrogens (tertiary/aromatic N) is 1.